The van der Waals surface area contributed by atoms with Crippen LogP contribution in [0.4, 0.5) is 0 Å². The number of azo groups is 3. The molecule has 6 aromatic carbocycles. The Bertz CT molecular complexity index is 4950. The number of hydrogen-bond donors (Lipinski definition) is 0. The number of aromatic nitrogens is 6. The second-order valence-corrected chi connectivity index (χ2v) is 37.0. The molecule has 0 saturated carbocycles. The summed E-state index contributed by atoms with van der Waals surface area (Å²) in [6, 6.07) is 59.1. The van der Waals surface area contributed by atoms with Gasteiger partial charge in [-0.15, -0.1) is 10.2 Å². The van der Waals surface area contributed by atoms with E-state index in [1.165, 1.54) is 35.5 Å². The molecule has 0 radical (unpaired) electrons. The summed E-state index contributed by atoms with van der Waals surface area (Å²) in [4.78, 5) is 70.9. The third kappa shape index (κ3) is 24.8. The van der Waals surface area contributed by atoms with Gasteiger partial charge in [0, 0.05) is 54.9 Å². The summed E-state index contributed by atoms with van der Waals surface area (Å²) in [5.74, 6) is -2.88. The van der Waals surface area contributed by atoms with Crippen LogP contribution >= 0.6 is 0 Å². The Morgan fingerprint density at radius 1 is 0.402 bits per heavy atom. The molecular formula is C103H125N13O11. The first-order valence-corrected chi connectivity index (χ1v) is 44.3. The first-order chi connectivity index (χ1) is 61.1. The fourth-order valence-corrected chi connectivity index (χ4v) is 18.6. The molecule has 0 saturated heterocycles. The Kier molecular flexibility index (Phi) is 32.2. The Balaban J connectivity index is 0.789. The van der Waals surface area contributed by atoms with Crippen molar-refractivity contribution >= 4 is 29.8 Å². The molecule has 13 atom stereocenters. The van der Waals surface area contributed by atoms with Gasteiger partial charge in [-0.25, -0.2) is 9.36 Å². The fraction of sp³-hybridized carbons (Fsp3) is 0.447. The molecule has 13 unspecified atom stereocenters. The predicted octanol–water partition coefficient (Wildman–Crippen LogP) is 20.8. The highest BCUT2D eigenvalue weighted by molar-refractivity contribution is 5.77. The molecule has 24 nitrogen and oxygen atoms in total. The standard InChI is InChI=1S/C103H125N13O11/c1-69(122-10)100(2,3)61-89(75-41-28-19-29-42-75)92-59-84(106-111-92)65-114(66-85-68-116(113-108-85)94(77-45-32-21-33-46-77)63-103(8,9)99(121)127-15)64-83-58-91(110-105-83)87(73-37-24-17-25-38-73)56-80(96(118)124-12)48-34-47-79(95(117)123-11)55-86(72-35-22-16-23-36-72)90-57-81(104-109-90)53-71(51-70-49-50-78(52-70)88(74-39-26-18-27-40-74)60-101(4,5)97(119)125-13)54-82-67-115(112-107-82)93(76-43-30-20-31-44-76)62-102(6,7)98(120)126-14/h16-33,35-46,49-50,52,57-59,67-68,71,78-80,86-94H,1,34,47-48,51,53-56,60-66H2,2-15H3. The number of allylic oxidation sites excluding steroid dienone is 6. The third-order valence-electron chi connectivity index (χ3n) is 25.7. The van der Waals surface area contributed by atoms with Gasteiger partial charge in [-0.1, -0.05) is 243 Å². The first kappa shape index (κ1) is 94.1. The maximum Gasteiger partial charge on any atom is 0.311 e. The molecule has 0 bridgehead atoms. The number of carbonyl (C=O) groups is 5. The number of carbonyl (C=O) groups excluding carboxylic acids is 5. The van der Waals surface area contributed by atoms with Crippen LogP contribution in [0.1, 0.15) is 207 Å². The lowest BCUT2D eigenvalue weighted by molar-refractivity contribution is -0.152. The third-order valence-corrected chi connectivity index (χ3v) is 25.7. The number of ether oxygens (including phenoxy) is 6. The average molecular weight is 1720 g/mol. The van der Waals surface area contributed by atoms with E-state index in [1.807, 2.05) is 197 Å². The largest absolute Gasteiger partial charge is 0.501 e. The summed E-state index contributed by atoms with van der Waals surface area (Å²) < 4.78 is 36.7. The van der Waals surface area contributed by atoms with Gasteiger partial charge in [0.05, 0.1) is 141 Å². The monoisotopic (exact) mass is 1720 g/mol. The van der Waals surface area contributed by atoms with Crippen molar-refractivity contribution in [2.45, 2.75) is 193 Å². The molecule has 0 spiro atoms. The van der Waals surface area contributed by atoms with E-state index in [0.29, 0.717) is 108 Å². The Labute approximate surface area is 748 Å². The molecule has 12 rings (SSSR count). The van der Waals surface area contributed by atoms with Crippen LogP contribution in [0.2, 0.25) is 0 Å². The van der Waals surface area contributed by atoms with Gasteiger partial charge >= 0.3 is 29.8 Å². The van der Waals surface area contributed by atoms with Crippen molar-refractivity contribution in [3.8, 4) is 0 Å². The molecule has 0 N–H and O–H groups in total. The van der Waals surface area contributed by atoms with Crippen molar-refractivity contribution in [1.29, 1.82) is 0 Å². The molecule has 0 amide bonds. The Morgan fingerprint density at radius 3 is 1.20 bits per heavy atom. The lowest BCUT2D eigenvalue weighted by atomic mass is 9.74. The van der Waals surface area contributed by atoms with Crippen molar-refractivity contribution in [3.63, 3.8) is 0 Å². The molecule has 3 aliphatic heterocycles. The van der Waals surface area contributed by atoms with Crippen LogP contribution in [0.3, 0.4) is 0 Å². The molecule has 1 aliphatic carbocycles. The molecule has 4 aliphatic rings. The average Bonchev–Trinajstić information content (AvgIpc) is 1.72. The van der Waals surface area contributed by atoms with E-state index in [1.54, 1.807) is 7.11 Å². The van der Waals surface area contributed by atoms with Gasteiger partial charge in [0.15, 0.2) is 0 Å². The summed E-state index contributed by atoms with van der Waals surface area (Å²) in [6.07, 6.45) is 23.0. The van der Waals surface area contributed by atoms with Gasteiger partial charge < -0.3 is 28.4 Å². The minimum atomic E-state index is -0.855. The summed E-state index contributed by atoms with van der Waals surface area (Å²) in [7, 11) is 8.77. The number of nitrogens with zero attached hydrogens (tertiary/aromatic N) is 13. The normalized spacial score (nSPS) is 18.4. The van der Waals surface area contributed by atoms with Crippen LogP contribution in [-0.2, 0) is 65.4 Å². The van der Waals surface area contributed by atoms with Crippen LogP contribution in [0.25, 0.3) is 0 Å². The smallest absolute Gasteiger partial charge is 0.311 e. The zero-order valence-corrected chi connectivity index (χ0v) is 76.1. The van der Waals surface area contributed by atoms with Gasteiger partial charge in [-0.05, 0) is 176 Å². The van der Waals surface area contributed by atoms with E-state index in [9.17, 15) is 24.0 Å². The maximum absolute atomic E-state index is 14.4. The fourth-order valence-electron chi connectivity index (χ4n) is 18.6. The SMILES string of the molecule is C=C(OC)C(C)(C)CC(c1ccccc1)C1C=C(CN(CC2=CC(C(CC(CCCC(CC(c3ccccc3)C3C=C(CC(CC4=CC(C(CC(C)(C)C(=O)OC)c5ccccc5)C=C4)Cc4cn(C(CC(C)(C)C(=O)OC)c5ccccc5)nn4)N=N3)C(=O)OC)C(=O)OC)c3ccccc3)N=N2)Cc2cn(C(CC(C)(C)C(=O)OC)c3ccccc3)nn2)N=N1. The number of methoxy groups -OCH3 is 6. The topological polar surface area (TPSA) is 280 Å². The molecule has 668 valence electrons. The van der Waals surface area contributed by atoms with Crippen molar-refractivity contribution in [2.24, 2.45) is 76.0 Å². The van der Waals surface area contributed by atoms with E-state index >= 15 is 0 Å². The zero-order chi connectivity index (χ0) is 90.4. The second kappa shape index (κ2) is 43.4. The van der Waals surface area contributed by atoms with Crippen molar-refractivity contribution in [1.82, 2.24) is 34.9 Å². The zero-order valence-electron chi connectivity index (χ0n) is 76.1. The van der Waals surface area contributed by atoms with Crippen LogP contribution in [0.15, 0.2) is 297 Å². The van der Waals surface area contributed by atoms with Crippen molar-refractivity contribution in [2.75, 3.05) is 55.7 Å². The van der Waals surface area contributed by atoms with Crippen molar-refractivity contribution in [3.05, 3.63) is 311 Å². The van der Waals surface area contributed by atoms with Gasteiger partial charge in [-0.2, -0.15) is 30.7 Å². The highest BCUT2D eigenvalue weighted by Crippen LogP contribution is 2.47. The van der Waals surface area contributed by atoms with Gasteiger partial charge in [0.1, 0.15) is 0 Å². The minimum Gasteiger partial charge on any atom is -0.501 e. The van der Waals surface area contributed by atoms with Gasteiger partial charge in [-0.3, -0.25) is 28.9 Å². The summed E-state index contributed by atoms with van der Waals surface area (Å²) in [5.41, 5.74) is 8.27. The number of benzene rings is 6. The van der Waals surface area contributed by atoms with E-state index in [0.717, 1.165) is 61.7 Å². The highest BCUT2D eigenvalue weighted by atomic mass is 16.5. The number of hydrogen-bond acceptors (Lipinski definition) is 22. The summed E-state index contributed by atoms with van der Waals surface area (Å²) in [5, 5.41) is 49.0. The van der Waals surface area contributed by atoms with Gasteiger partial charge in [0.25, 0.3) is 0 Å². The lowest BCUT2D eigenvalue weighted by Crippen LogP contribution is -2.30. The number of rotatable bonds is 47. The Morgan fingerprint density at radius 2 is 0.772 bits per heavy atom. The lowest BCUT2D eigenvalue weighted by Gasteiger charge is -2.32. The van der Waals surface area contributed by atoms with Crippen LogP contribution in [0, 0.1) is 45.3 Å². The molecule has 24 heteroatoms. The van der Waals surface area contributed by atoms with E-state index in [-0.39, 0.29) is 88.9 Å². The van der Waals surface area contributed by atoms with Gasteiger partial charge in [0.2, 0.25) is 0 Å². The van der Waals surface area contributed by atoms with E-state index < -0.39 is 40.2 Å². The molecule has 8 aromatic rings. The second-order valence-electron chi connectivity index (χ2n) is 37.0. The van der Waals surface area contributed by atoms with Crippen LogP contribution < -0.4 is 0 Å². The van der Waals surface area contributed by atoms with Crippen LogP contribution in [-0.4, -0.2) is 139 Å². The first-order valence-electron chi connectivity index (χ1n) is 44.3. The summed E-state index contributed by atoms with van der Waals surface area (Å²) in [6.45, 7) is 21.0. The molecule has 2 aromatic heterocycles. The molecule has 0 fully saturated rings. The van der Waals surface area contributed by atoms with Crippen molar-refractivity contribution < 1.29 is 52.4 Å². The number of esters is 5. The molecule has 5 heterocycles. The molecular weight excluding hydrogens is 1600 g/mol. The Hall–Kier alpha value is -12.1. The maximum atomic E-state index is 14.4. The predicted molar refractivity (Wildman–Crippen MR) is 488 cm³/mol. The quantitative estimate of drug-likeness (QED) is 0.0195. The van der Waals surface area contributed by atoms with E-state index in [4.69, 9.17) is 79.7 Å². The van der Waals surface area contributed by atoms with E-state index in [2.05, 4.69) is 110 Å². The highest BCUT2D eigenvalue weighted by Gasteiger charge is 2.42. The molecule has 127 heavy (non-hydrogen) atoms. The van der Waals surface area contributed by atoms with Crippen LogP contribution in [0.5, 0.6) is 0 Å². The summed E-state index contributed by atoms with van der Waals surface area (Å²) >= 11 is 0. The minimum absolute atomic E-state index is 0.00569.